The molecule has 2 heterocycles. The number of hydrogen-bond donors (Lipinski definition) is 0. The van der Waals surface area contributed by atoms with E-state index in [9.17, 15) is 0 Å². The SMILES string of the molecule is [2H]c1c(C([2H])(C)C)c([2H])c(-c2c(C)ccc3c2oc2c([N+]#[C-])cc(-c4ccccc4)cc23)[n+](C)c1C. The van der Waals surface area contributed by atoms with Crippen LogP contribution in [-0.4, -0.2) is 0 Å². The Morgan fingerprint density at radius 3 is 2.42 bits per heavy atom. The van der Waals surface area contributed by atoms with Crippen LogP contribution >= 0.6 is 0 Å². The molecule has 0 unspecified atom stereocenters. The van der Waals surface area contributed by atoms with Crippen molar-refractivity contribution in [1.29, 1.82) is 0 Å². The Morgan fingerprint density at radius 1 is 0.970 bits per heavy atom. The third kappa shape index (κ3) is 3.39. The Balaban J connectivity index is 1.92. The summed E-state index contributed by atoms with van der Waals surface area (Å²) < 4.78 is 34.7. The summed E-state index contributed by atoms with van der Waals surface area (Å²) in [6, 6.07) is 18.3. The molecular weight excluding hydrogens is 404 g/mol. The number of nitrogens with zero attached hydrogens (tertiary/aromatic N) is 2. The molecular formula is C30H27N2O+. The first-order chi connectivity index (χ1) is 17.0. The maximum absolute atomic E-state index is 9.10. The molecule has 0 aliphatic rings. The van der Waals surface area contributed by atoms with Crippen LogP contribution in [0.25, 0.3) is 49.2 Å². The molecule has 2 aromatic heterocycles. The monoisotopic (exact) mass is 434 g/mol. The van der Waals surface area contributed by atoms with Gasteiger partial charge in [-0.1, -0.05) is 56.3 Å². The number of hydrogen-bond acceptors (Lipinski definition) is 1. The van der Waals surface area contributed by atoms with Gasteiger partial charge in [-0.15, -0.1) is 0 Å². The van der Waals surface area contributed by atoms with Crippen molar-refractivity contribution in [3.05, 3.63) is 94.9 Å². The summed E-state index contributed by atoms with van der Waals surface area (Å²) in [7, 11) is 1.85. The molecule has 0 aliphatic carbocycles. The van der Waals surface area contributed by atoms with E-state index in [1.54, 1.807) is 13.8 Å². The predicted octanol–water partition coefficient (Wildman–Crippen LogP) is 8.04. The molecule has 5 rings (SSSR count). The first-order valence-electron chi connectivity index (χ1n) is 12.5. The molecule has 5 aromatic rings. The molecule has 3 aromatic carbocycles. The summed E-state index contributed by atoms with van der Waals surface area (Å²) in [5.74, 6) is -1.11. The van der Waals surface area contributed by atoms with Gasteiger partial charge < -0.3 is 4.42 Å². The summed E-state index contributed by atoms with van der Waals surface area (Å²) in [6.07, 6.45) is 0. The van der Waals surface area contributed by atoms with Crippen LogP contribution in [0.15, 0.2) is 71.1 Å². The van der Waals surface area contributed by atoms with Crippen molar-refractivity contribution in [1.82, 2.24) is 0 Å². The van der Waals surface area contributed by atoms with E-state index in [0.717, 1.165) is 33.0 Å². The summed E-state index contributed by atoms with van der Waals surface area (Å²) in [6.45, 7) is 15.1. The highest BCUT2D eigenvalue weighted by Crippen LogP contribution is 2.42. The molecule has 0 saturated carbocycles. The zero-order valence-corrected chi connectivity index (χ0v) is 19.5. The molecule has 0 amide bonds. The zero-order chi connectivity index (χ0) is 25.9. The van der Waals surface area contributed by atoms with E-state index in [1.165, 1.54) is 0 Å². The summed E-state index contributed by atoms with van der Waals surface area (Å²) >= 11 is 0. The molecule has 0 bridgehead atoms. The van der Waals surface area contributed by atoms with Crippen molar-refractivity contribution in [2.45, 2.75) is 33.6 Å². The van der Waals surface area contributed by atoms with Crippen LogP contribution in [-0.2, 0) is 7.05 Å². The van der Waals surface area contributed by atoms with Crippen LogP contribution in [0.4, 0.5) is 5.69 Å². The highest BCUT2D eigenvalue weighted by atomic mass is 16.3. The lowest BCUT2D eigenvalue weighted by molar-refractivity contribution is -0.666. The van der Waals surface area contributed by atoms with Gasteiger partial charge in [0, 0.05) is 31.2 Å². The predicted molar refractivity (Wildman–Crippen MR) is 136 cm³/mol. The van der Waals surface area contributed by atoms with Gasteiger partial charge in [-0.25, -0.2) is 4.85 Å². The standard InChI is InChI=1S/C30H27N2O/c1-18(2)22-14-20(4)32(6)27(17-22)28-19(3)12-13-24-25-15-23(21-10-8-7-9-11-21)16-26(31-5)29(25)33-30(24)28/h7-18H,1-4,6H3/q+1/i14D,17D,18D. The molecule has 0 N–H and O–H groups in total. The minimum atomic E-state index is -1.11. The van der Waals surface area contributed by atoms with Crippen LogP contribution in [0, 0.1) is 20.4 Å². The van der Waals surface area contributed by atoms with Crippen LogP contribution in [0.3, 0.4) is 0 Å². The van der Waals surface area contributed by atoms with Gasteiger partial charge in [0.2, 0.25) is 11.4 Å². The highest BCUT2D eigenvalue weighted by molar-refractivity contribution is 6.14. The number of fused-ring (bicyclic) bond motifs is 3. The summed E-state index contributed by atoms with van der Waals surface area (Å²) in [5, 5.41) is 1.72. The minimum Gasteiger partial charge on any atom is -0.466 e. The van der Waals surface area contributed by atoms with Crippen LogP contribution in [0.2, 0.25) is 0 Å². The Kier molecular flexibility index (Phi) is 4.22. The van der Waals surface area contributed by atoms with Crippen LogP contribution in [0.1, 0.15) is 40.7 Å². The maximum atomic E-state index is 9.10. The van der Waals surface area contributed by atoms with Gasteiger partial charge >= 0.3 is 0 Å². The molecule has 0 fully saturated rings. The molecule has 0 spiro atoms. The Morgan fingerprint density at radius 2 is 1.73 bits per heavy atom. The van der Waals surface area contributed by atoms with E-state index >= 15 is 0 Å². The fraction of sp³-hybridized carbons (Fsp3) is 0.200. The second-order valence-electron chi connectivity index (χ2n) is 8.70. The number of aryl methyl sites for hydroxylation is 1. The first kappa shape index (κ1) is 17.6. The van der Waals surface area contributed by atoms with Gasteiger partial charge in [-0.05, 0) is 47.2 Å². The fourth-order valence-electron chi connectivity index (χ4n) is 4.34. The van der Waals surface area contributed by atoms with E-state index in [-0.39, 0.29) is 12.1 Å². The number of benzene rings is 3. The third-order valence-corrected chi connectivity index (χ3v) is 6.28. The van der Waals surface area contributed by atoms with Crippen molar-refractivity contribution in [3.63, 3.8) is 0 Å². The third-order valence-electron chi connectivity index (χ3n) is 6.28. The van der Waals surface area contributed by atoms with Crippen molar-refractivity contribution in [2.75, 3.05) is 0 Å². The normalized spacial score (nSPS) is 13.0. The van der Waals surface area contributed by atoms with E-state index in [1.807, 2.05) is 74.0 Å². The topological polar surface area (TPSA) is 21.4 Å². The van der Waals surface area contributed by atoms with Crippen molar-refractivity contribution in [2.24, 2.45) is 7.05 Å². The second-order valence-corrected chi connectivity index (χ2v) is 8.70. The van der Waals surface area contributed by atoms with Crippen molar-refractivity contribution < 1.29 is 13.1 Å². The molecule has 0 saturated heterocycles. The molecule has 3 nitrogen and oxygen atoms in total. The van der Waals surface area contributed by atoms with Crippen molar-refractivity contribution in [3.8, 4) is 22.4 Å². The molecule has 0 aliphatic heterocycles. The maximum Gasteiger partial charge on any atom is 0.230 e. The zero-order valence-electron chi connectivity index (χ0n) is 22.5. The molecule has 0 radical (unpaired) electrons. The first-order valence-corrected chi connectivity index (χ1v) is 11.0. The number of aromatic nitrogens is 1. The van der Waals surface area contributed by atoms with Gasteiger partial charge in [0.25, 0.3) is 0 Å². The van der Waals surface area contributed by atoms with E-state index in [0.29, 0.717) is 33.8 Å². The molecule has 162 valence electrons. The fourth-order valence-corrected chi connectivity index (χ4v) is 4.34. The lowest BCUT2D eigenvalue weighted by Crippen LogP contribution is -2.35. The quantitative estimate of drug-likeness (QED) is 0.208. The van der Waals surface area contributed by atoms with Crippen LogP contribution in [0.5, 0.6) is 0 Å². The highest BCUT2D eigenvalue weighted by Gasteiger charge is 2.24. The lowest BCUT2D eigenvalue weighted by atomic mass is 9.95. The van der Waals surface area contributed by atoms with E-state index in [4.69, 9.17) is 15.1 Å². The number of rotatable bonds is 3. The Labute approximate surface area is 199 Å². The minimum absolute atomic E-state index is 0.152. The Bertz CT molecular complexity index is 1720. The average molecular weight is 435 g/mol. The second kappa shape index (κ2) is 7.90. The number of pyridine rings is 1. The Hall–Kier alpha value is -3.90. The summed E-state index contributed by atoms with van der Waals surface area (Å²) in [5.41, 5.74) is 6.87. The van der Waals surface area contributed by atoms with Gasteiger partial charge in [0.05, 0.1) is 14.9 Å². The van der Waals surface area contributed by atoms with Crippen LogP contribution < -0.4 is 4.57 Å². The van der Waals surface area contributed by atoms with Crippen molar-refractivity contribution >= 4 is 27.6 Å². The average Bonchev–Trinajstić information content (AvgIpc) is 3.22. The molecule has 0 atom stereocenters. The largest absolute Gasteiger partial charge is 0.466 e. The van der Waals surface area contributed by atoms with Gasteiger partial charge in [0.15, 0.2) is 5.69 Å². The van der Waals surface area contributed by atoms with Gasteiger partial charge in [-0.2, -0.15) is 4.57 Å². The number of furan rings is 1. The van der Waals surface area contributed by atoms with Gasteiger partial charge in [-0.3, -0.25) is 0 Å². The lowest BCUT2D eigenvalue weighted by Gasteiger charge is -2.11. The van der Waals surface area contributed by atoms with E-state index < -0.39 is 5.89 Å². The molecule has 3 heteroatoms. The van der Waals surface area contributed by atoms with Gasteiger partial charge in [0.1, 0.15) is 18.2 Å². The summed E-state index contributed by atoms with van der Waals surface area (Å²) in [4.78, 5) is 3.78. The smallest absolute Gasteiger partial charge is 0.230 e. The van der Waals surface area contributed by atoms with E-state index in [2.05, 4.69) is 10.9 Å². The molecule has 33 heavy (non-hydrogen) atoms.